The van der Waals surface area contributed by atoms with Crippen molar-refractivity contribution in [1.82, 2.24) is 0 Å². The Bertz CT molecular complexity index is 294. The van der Waals surface area contributed by atoms with Crippen molar-refractivity contribution >= 4 is 0 Å². The van der Waals surface area contributed by atoms with Gasteiger partial charge in [0.25, 0.3) is 0 Å². The van der Waals surface area contributed by atoms with E-state index in [0.29, 0.717) is 0 Å². The van der Waals surface area contributed by atoms with Crippen LogP contribution in [0.1, 0.15) is 105 Å². The van der Waals surface area contributed by atoms with Crippen LogP contribution in [0, 0.1) is 35.5 Å². The normalized spacial score (nSPS) is 43.1. The molecule has 22 heavy (non-hydrogen) atoms. The Morgan fingerprint density at radius 2 is 1.05 bits per heavy atom. The molecule has 0 N–H and O–H groups in total. The van der Waals surface area contributed by atoms with Gasteiger partial charge in [0.2, 0.25) is 0 Å². The zero-order valence-corrected chi connectivity index (χ0v) is 15.9. The van der Waals surface area contributed by atoms with Crippen molar-refractivity contribution in [2.45, 2.75) is 105 Å². The van der Waals surface area contributed by atoms with Gasteiger partial charge in [0.05, 0.1) is 0 Å². The largest absolute Gasteiger partial charge is 0.0625 e. The van der Waals surface area contributed by atoms with Crippen LogP contribution in [-0.4, -0.2) is 0 Å². The Morgan fingerprint density at radius 3 is 1.77 bits per heavy atom. The predicted molar refractivity (Wildman–Crippen MR) is 99.0 cm³/mol. The van der Waals surface area contributed by atoms with Crippen LogP contribution in [0.5, 0.6) is 0 Å². The Kier molecular flexibility index (Phi) is 7.78. The van der Waals surface area contributed by atoms with Gasteiger partial charge in [-0.3, -0.25) is 0 Å². The molecule has 3 rings (SSSR count). The summed E-state index contributed by atoms with van der Waals surface area (Å²) in [4.78, 5) is 0. The van der Waals surface area contributed by atoms with Crippen LogP contribution in [0.2, 0.25) is 0 Å². The lowest BCUT2D eigenvalue weighted by Gasteiger charge is -2.36. The molecule has 0 heteroatoms. The minimum absolute atomic E-state index is 0.941. The van der Waals surface area contributed by atoms with Crippen molar-refractivity contribution in [3.63, 3.8) is 0 Å². The molecule has 3 saturated carbocycles. The topological polar surface area (TPSA) is 0 Å². The van der Waals surface area contributed by atoms with Crippen LogP contribution < -0.4 is 0 Å². The first kappa shape index (κ1) is 18.3. The quantitative estimate of drug-likeness (QED) is 0.435. The summed E-state index contributed by atoms with van der Waals surface area (Å²) in [5.74, 6) is 5.84. The molecule has 2 bridgehead atoms. The Balaban J connectivity index is 2.04. The molecule has 0 heterocycles. The average Bonchev–Trinajstić information content (AvgIpc) is 2.47. The maximum absolute atomic E-state index is 2.57. The van der Waals surface area contributed by atoms with E-state index in [4.69, 9.17) is 0 Å². The van der Waals surface area contributed by atoms with E-state index in [1.54, 1.807) is 0 Å². The molecule has 3 aliphatic carbocycles. The first-order valence-corrected chi connectivity index (χ1v) is 10.6. The lowest BCUT2D eigenvalue weighted by Crippen LogP contribution is -2.26. The summed E-state index contributed by atoms with van der Waals surface area (Å²) in [6.07, 6.45) is 17.9. The summed E-state index contributed by atoms with van der Waals surface area (Å²) in [6, 6.07) is 0. The first-order chi connectivity index (χ1) is 10.6. The van der Waals surface area contributed by atoms with Gasteiger partial charge in [0, 0.05) is 0 Å². The van der Waals surface area contributed by atoms with Gasteiger partial charge in [0.1, 0.15) is 0 Å². The molecule has 0 amide bonds. The van der Waals surface area contributed by atoms with Crippen molar-refractivity contribution < 1.29 is 0 Å². The molecule has 3 aliphatic rings. The highest BCUT2D eigenvalue weighted by atomic mass is 14.3. The monoisotopic (exact) mass is 306 g/mol. The van der Waals surface area contributed by atoms with Crippen molar-refractivity contribution in [1.29, 1.82) is 0 Å². The second-order valence-electron chi connectivity index (χ2n) is 9.19. The Morgan fingerprint density at radius 1 is 0.500 bits per heavy atom. The van der Waals surface area contributed by atoms with E-state index in [1.165, 1.54) is 77.0 Å². The van der Waals surface area contributed by atoms with E-state index >= 15 is 0 Å². The van der Waals surface area contributed by atoms with Crippen LogP contribution in [0.15, 0.2) is 0 Å². The zero-order valence-electron chi connectivity index (χ0n) is 15.9. The molecule has 3 fully saturated rings. The average molecular weight is 307 g/mol. The Hall–Kier alpha value is 0. The predicted octanol–water partition coefficient (Wildman–Crippen LogP) is 7.47. The van der Waals surface area contributed by atoms with E-state index in [2.05, 4.69) is 27.7 Å². The van der Waals surface area contributed by atoms with Crippen molar-refractivity contribution in [2.24, 2.45) is 35.5 Å². The van der Waals surface area contributed by atoms with Gasteiger partial charge in [-0.2, -0.15) is 0 Å². The van der Waals surface area contributed by atoms with Gasteiger partial charge in [0.15, 0.2) is 0 Å². The SMILES string of the molecule is CC1CC2CCCC(C1)C(C)C(C)CCCCCCCC2C. The fourth-order valence-electron chi connectivity index (χ4n) is 5.43. The molecule has 0 aliphatic heterocycles. The first-order valence-electron chi connectivity index (χ1n) is 10.6. The molecule has 0 spiro atoms. The number of rotatable bonds is 0. The maximum Gasteiger partial charge on any atom is -0.0383 e. The molecule has 130 valence electrons. The molecular weight excluding hydrogens is 264 g/mol. The summed E-state index contributed by atoms with van der Waals surface area (Å²) < 4.78 is 0. The van der Waals surface area contributed by atoms with E-state index in [-0.39, 0.29) is 0 Å². The minimum Gasteiger partial charge on any atom is -0.0625 e. The van der Waals surface area contributed by atoms with Crippen LogP contribution in [0.4, 0.5) is 0 Å². The van der Waals surface area contributed by atoms with Crippen molar-refractivity contribution in [3.05, 3.63) is 0 Å². The Labute approximate surface area is 140 Å². The van der Waals surface area contributed by atoms with Gasteiger partial charge >= 0.3 is 0 Å². The highest BCUT2D eigenvalue weighted by molar-refractivity contribution is 4.80. The van der Waals surface area contributed by atoms with Crippen LogP contribution >= 0.6 is 0 Å². The molecule has 0 saturated heterocycles. The molecule has 0 radical (unpaired) electrons. The third-order valence-electron chi connectivity index (χ3n) is 7.32. The van der Waals surface area contributed by atoms with Crippen LogP contribution in [0.3, 0.4) is 0 Å². The smallest absolute Gasteiger partial charge is 0.0383 e. The molecule has 0 nitrogen and oxygen atoms in total. The summed E-state index contributed by atoms with van der Waals surface area (Å²) in [5.41, 5.74) is 0. The van der Waals surface area contributed by atoms with E-state index in [0.717, 1.165) is 35.5 Å². The van der Waals surface area contributed by atoms with Crippen LogP contribution in [-0.2, 0) is 0 Å². The van der Waals surface area contributed by atoms with E-state index < -0.39 is 0 Å². The maximum atomic E-state index is 2.57. The lowest BCUT2D eigenvalue weighted by atomic mass is 9.70. The van der Waals surface area contributed by atoms with Gasteiger partial charge in [-0.15, -0.1) is 0 Å². The van der Waals surface area contributed by atoms with Gasteiger partial charge in [-0.25, -0.2) is 0 Å². The third kappa shape index (κ3) is 5.57. The second-order valence-corrected chi connectivity index (χ2v) is 9.19. The number of hydrogen-bond acceptors (Lipinski definition) is 0. The fourth-order valence-corrected chi connectivity index (χ4v) is 5.43. The zero-order chi connectivity index (χ0) is 15.9. The van der Waals surface area contributed by atoms with Gasteiger partial charge < -0.3 is 0 Å². The van der Waals surface area contributed by atoms with E-state index in [1.807, 2.05) is 0 Å². The third-order valence-corrected chi connectivity index (χ3v) is 7.32. The van der Waals surface area contributed by atoms with Gasteiger partial charge in [-0.1, -0.05) is 91.9 Å². The van der Waals surface area contributed by atoms with Gasteiger partial charge in [-0.05, 0) is 48.3 Å². The summed E-state index contributed by atoms with van der Waals surface area (Å²) in [6.45, 7) is 10.2. The molecular formula is C22H42. The molecule has 6 atom stereocenters. The van der Waals surface area contributed by atoms with Crippen LogP contribution in [0.25, 0.3) is 0 Å². The highest BCUT2D eigenvalue weighted by Crippen LogP contribution is 2.40. The molecule has 0 aromatic rings. The standard InChI is InChI=1S/C22H42/c1-17-15-21-13-10-14-22(16-17)20(4)18(2)11-8-6-5-7-9-12-19(21)3/h17-22H,5-16H2,1-4H3. The second kappa shape index (κ2) is 9.33. The number of fused-ring (bicyclic) bond motifs is 13. The highest BCUT2D eigenvalue weighted by Gasteiger charge is 2.29. The summed E-state index contributed by atoms with van der Waals surface area (Å²) in [5, 5.41) is 0. The number of hydrogen-bond donors (Lipinski definition) is 0. The van der Waals surface area contributed by atoms with Crippen molar-refractivity contribution in [3.8, 4) is 0 Å². The minimum atomic E-state index is 0.941. The summed E-state index contributed by atoms with van der Waals surface area (Å²) >= 11 is 0. The fraction of sp³-hybridized carbons (Fsp3) is 1.00. The van der Waals surface area contributed by atoms with E-state index in [9.17, 15) is 0 Å². The van der Waals surface area contributed by atoms with Crippen molar-refractivity contribution in [2.75, 3.05) is 0 Å². The lowest BCUT2D eigenvalue weighted by molar-refractivity contribution is 0.148. The summed E-state index contributed by atoms with van der Waals surface area (Å²) in [7, 11) is 0. The molecule has 6 unspecified atom stereocenters. The molecule has 0 aromatic heterocycles. The molecule has 0 aromatic carbocycles.